The first-order valence-corrected chi connectivity index (χ1v) is 6.20. The van der Waals surface area contributed by atoms with Crippen LogP contribution in [-0.4, -0.2) is 9.55 Å². The van der Waals surface area contributed by atoms with Crippen LogP contribution in [0.15, 0.2) is 11.0 Å². The summed E-state index contributed by atoms with van der Waals surface area (Å²) in [4.78, 5) is 16.9. The highest BCUT2D eigenvalue weighted by Gasteiger charge is 2.25. The highest BCUT2D eigenvalue weighted by Crippen LogP contribution is 2.22. The zero-order chi connectivity index (χ0) is 13.4. The molecule has 0 saturated heterocycles. The number of nitrogens with zero attached hydrogens (tertiary/aromatic N) is 2. The molecule has 0 saturated carbocycles. The molecule has 0 atom stereocenters. The first kappa shape index (κ1) is 13.9. The van der Waals surface area contributed by atoms with E-state index < -0.39 is 0 Å². The van der Waals surface area contributed by atoms with Gasteiger partial charge < -0.3 is 0 Å². The average Bonchev–Trinajstić information content (AvgIpc) is 2.13. The monoisotopic (exact) mass is 236 g/mol. The summed E-state index contributed by atoms with van der Waals surface area (Å²) in [6, 6.07) is 0. The molecule has 0 spiro atoms. The standard InChI is InChI=1S/C14H24N2O/c1-8-16-11(17)10(13(2,3)4)9-15-12(16)14(5,6)7/h9H,8H2,1-7H3. The van der Waals surface area contributed by atoms with Crippen LogP contribution in [-0.2, 0) is 17.4 Å². The molecule has 0 bridgehead atoms. The number of aromatic nitrogens is 2. The Morgan fingerprint density at radius 3 is 2.00 bits per heavy atom. The van der Waals surface area contributed by atoms with E-state index in [1.165, 1.54) is 0 Å². The Kier molecular flexibility index (Phi) is 3.51. The van der Waals surface area contributed by atoms with Crippen LogP contribution < -0.4 is 5.56 Å². The molecule has 1 aromatic rings. The van der Waals surface area contributed by atoms with Crippen molar-refractivity contribution in [3.05, 3.63) is 27.9 Å². The summed E-state index contributed by atoms with van der Waals surface area (Å²) < 4.78 is 1.79. The topological polar surface area (TPSA) is 34.9 Å². The predicted octanol–water partition coefficient (Wildman–Crippen LogP) is 2.86. The fourth-order valence-corrected chi connectivity index (χ4v) is 1.90. The van der Waals surface area contributed by atoms with Crippen molar-refractivity contribution >= 4 is 0 Å². The fraction of sp³-hybridized carbons (Fsp3) is 0.714. The summed E-state index contributed by atoms with van der Waals surface area (Å²) in [6.07, 6.45) is 1.75. The van der Waals surface area contributed by atoms with Gasteiger partial charge >= 0.3 is 0 Å². The van der Waals surface area contributed by atoms with Gasteiger partial charge in [-0.1, -0.05) is 41.5 Å². The van der Waals surface area contributed by atoms with Crippen molar-refractivity contribution in [1.29, 1.82) is 0 Å². The normalized spacial score (nSPS) is 12.9. The maximum absolute atomic E-state index is 12.4. The first-order valence-electron chi connectivity index (χ1n) is 6.20. The van der Waals surface area contributed by atoms with Crippen LogP contribution >= 0.6 is 0 Å². The van der Waals surface area contributed by atoms with Gasteiger partial charge in [0.15, 0.2) is 0 Å². The molecule has 3 nitrogen and oxygen atoms in total. The highest BCUT2D eigenvalue weighted by atomic mass is 16.1. The largest absolute Gasteiger partial charge is 0.296 e. The molecule has 0 unspecified atom stereocenters. The lowest BCUT2D eigenvalue weighted by atomic mass is 9.88. The van der Waals surface area contributed by atoms with E-state index in [-0.39, 0.29) is 16.4 Å². The van der Waals surface area contributed by atoms with E-state index in [9.17, 15) is 4.79 Å². The van der Waals surface area contributed by atoms with E-state index in [4.69, 9.17) is 0 Å². The summed E-state index contributed by atoms with van der Waals surface area (Å²) in [5.74, 6) is 0.859. The Bertz CT molecular complexity index is 459. The lowest BCUT2D eigenvalue weighted by Gasteiger charge is -2.25. The lowest BCUT2D eigenvalue weighted by Crippen LogP contribution is -2.36. The molecule has 0 amide bonds. The molecule has 0 aliphatic heterocycles. The van der Waals surface area contributed by atoms with Crippen LogP contribution in [0.25, 0.3) is 0 Å². The molecule has 0 N–H and O–H groups in total. The first-order chi connectivity index (χ1) is 7.59. The van der Waals surface area contributed by atoms with Crippen LogP contribution in [0.5, 0.6) is 0 Å². The van der Waals surface area contributed by atoms with Gasteiger partial charge in [-0.2, -0.15) is 0 Å². The zero-order valence-corrected chi connectivity index (χ0v) is 12.1. The Labute approximate surface area is 104 Å². The van der Waals surface area contributed by atoms with Crippen LogP contribution in [0.4, 0.5) is 0 Å². The van der Waals surface area contributed by atoms with Crippen LogP contribution in [0, 0.1) is 0 Å². The molecule has 3 heteroatoms. The van der Waals surface area contributed by atoms with E-state index >= 15 is 0 Å². The molecule has 0 aromatic carbocycles. The average molecular weight is 236 g/mol. The van der Waals surface area contributed by atoms with Crippen LogP contribution in [0.3, 0.4) is 0 Å². The van der Waals surface area contributed by atoms with Crippen molar-refractivity contribution in [2.45, 2.75) is 65.8 Å². The zero-order valence-electron chi connectivity index (χ0n) is 12.1. The molecule has 17 heavy (non-hydrogen) atoms. The van der Waals surface area contributed by atoms with E-state index in [0.717, 1.165) is 11.4 Å². The molecule has 0 radical (unpaired) electrons. The molecular weight excluding hydrogens is 212 g/mol. The van der Waals surface area contributed by atoms with Gasteiger partial charge in [0, 0.05) is 23.7 Å². The molecule has 1 aromatic heterocycles. The Balaban J connectivity index is 3.55. The molecule has 0 aliphatic carbocycles. The van der Waals surface area contributed by atoms with Gasteiger partial charge in [0.1, 0.15) is 5.82 Å². The van der Waals surface area contributed by atoms with Gasteiger partial charge in [0.2, 0.25) is 0 Å². The molecule has 96 valence electrons. The minimum absolute atomic E-state index is 0.0972. The number of hydrogen-bond acceptors (Lipinski definition) is 2. The van der Waals surface area contributed by atoms with Gasteiger partial charge in [-0.05, 0) is 12.3 Å². The molecule has 0 fully saturated rings. The van der Waals surface area contributed by atoms with E-state index in [1.807, 2.05) is 27.7 Å². The highest BCUT2D eigenvalue weighted by molar-refractivity contribution is 5.19. The van der Waals surface area contributed by atoms with Gasteiger partial charge in [-0.15, -0.1) is 0 Å². The van der Waals surface area contributed by atoms with Gasteiger partial charge in [-0.3, -0.25) is 9.36 Å². The van der Waals surface area contributed by atoms with Crippen molar-refractivity contribution in [1.82, 2.24) is 9.55 Å². The van der Waals surface area contributed by atoms with Crippen molar-refractivity contribution in [3.8, 4) is 0 Å². The SMILES string of the molecule is CCn1c(C(C)(C)C)ncc(C(C)(C)C)c1=O. The Morgan fingerprint density at radius 1 is 1.12 bits per heavy atom. The smallest absolute Gasteiger partial charge is 0.257 e. The second-order valence-electron chi connectivity index (χ2n) is 6.54. The summed E-state index contributed by atoms with van der Waals surface area (Å²) in [7, 11) is 0. The van der Waals surface area contributed by atoms with Gasteiger partial charge in [0.25, 0.3) is 5.56 Å². The summed E-state index contributed by atoms with van der Waals surface area (Å²) in [5, 5.41) is 0. The van der Waals surface area contributed by atoms with Crippen molar-refractivity contribution in [3.63, 3.8) is 0 Å². The minimum Gasteiger partial charge on any atom is -0.296 e. The third-order valence-corrected chi connectivity index (χ3v) is 2.84. The Hall–Kier alpha value is -1.12. The summed E-state index contributed by atoms with van der Waals surface area (Å²) in [6.45, 7) is 15.0. The quantitative estimate of drug-likeness (QED) is 0.751. The second kappa shape index (κ2) is 4.28. The van der Waals surface area contributed by atoms with E-state index in [2.05, 4.69) is 25.8 Å². The van der Waals surface area contributed by atoms with Crippen LogP contribution in [0.2, 0.25) is 0 Å². The third kappa shape index (κ3) is 2.76. The molecular formula is C14H24N2O. The van der Waals surface area contributed by atoms with Crippen molar-refractivity contribution < 1.29 is 0 Å². The van der Waals surface area contributed by atoms with Crippen LogP contribution in [0.1, 0.15) is 59.9 Å². The summed E-state index contributed by atoms with van der Waals surface area (Å²) >= 11 is 0. The van der Waals surface area contributed by atoms with E-state index in [0.29, 0.717) is 6.54 Å². The third-order valence-electron chi connectivity index (χ3n) is 2.84. The molecule has 0 aliphatic rings. The predicted molar refractivity (Wildman–Crippen MR) is 71.6 cm³/mol. The minimum atomic E-state index is -0.155. The van der Waals surface area contributed by atoms with Gasteiger partial charge in [-0.25, -0.2) is 4.98 Å². The van der Waals surface area contributed by atoms with Gasteiger partial charge in [0.05, 0.1) is 0 Å². The Morgan fingerprint density at radius 2 is 1.65 bits per heavy atom. The number of rotatable bonds is 1. The van der Waals surface area contributed by atoms with E-state index in [1.54, 1.807) is 10.8 Å². The van der Waals surface area contributed by atoms with Crippen molar-refractivity contribution in [2.75, 3.05) is 0 Å². The molecule has 1 rings (SSSR count). The summed E-state index contributed by atoms with van der Waals surface area (Å²) in [5.41, 5.74) is 0.621. The maximum atomic E-state index is 12.4. The number of hydrogen-bond donors (Lipinski definition) is 0. The molecule has 1 heterocycles. The second-order valence-corrected chi connectivity index (χ2v) is 6.54. The van der Waals surface area contributed by atoms with Crippen molar-refractivity contribution in [2.24, 2.45) is 0 Å². The lowest BCUT2D eigenvalue weighted by molar-refractivity contribution is 0.470. The fourth-order valence-electron chi connectivity index (χ4n) is 1.90. The maximum Gasteiger partial charge on any atom is 0.257 e.